The molecule has 0 bridgehead atoms. The van der Waals surface area contributed by atoms with E-state index in [-0.39, 0.29) is 0 Å². The third-order valence-corrected chi connectivity index (χ3v) is 1.89. The molecule has 1 aliphatic rings. The average molecular weight is 113 g/mol. The van der Waals surface area contributed by atoms with Gasteiger partial charge >= 0.3 is 0 Å². The summed E-state index contributed by atoms with van der Waals surface area (Å²) in [6.45, 7) is 3.96. The third kappa shape index (κ3) is 1.03. The molecule has 0 heterocycles. The first-order valence-electron chi connectivity index (χ1n) is 3.20. The van der Waals surface area contributed by atoms with Crippen LogP contribution in [0.2, 0.25) is 0 Å². The van der Waals surface area contributed by atoms with Crippen molar-refractivity contribution in [3.63, 3.8) is 0 Å². The number of hydrogen-bond donors (Lipinski definition) is 0. The fourth-order valence-electron chi connectivity index (χ4n) is 1.31. The van der Waals surface area contributed by atoms with E-state index in [1.165, 1.54) is 19.3 Å². The monoisotopic (exact) mass is 113 g/mol. The molecule has 0 aromatic carbocycles. The Morgan fingerprint density at radius 1 is 1.50 bits per heavy atom. The van der Waals surface area contributed by atoms with Crippen LogP contribution in [0.15, 0.2) is 0 Å². The van der Waals surface area contributed by atoms with Gasteiger partial charge in [-0.3, -0.25) is 0 Å². The maximum Gasteiger partial charge on any atom is 0.0599 e. The number of rotatable bonds is 1. The van der Waals surface area contributed by atoms with Crippen LogP contribution in [0.5, 0.6) is 0 Å². The van der Waals surface area contributed by atoms with Gasteiger partial charge in [0.2, 0.25) is 0 Å². The van der Waals surface area contributed by atoms with Crippen LogP contribution in [0.4, 0.5) is 0 Å². The number of ether oxygens (including phenoxy) is 1. The largest absolute Gasteiger partial charge is 0.381 e. The van der Waals surface area contributed by atoms with E-state index in [9.17, 15) is 0 Å². The van der Waals surface area contributed by atoms with E-state index in [2.05, 4.69) is 6.92 Å². The van der Waals surface area contributed by atoms with E-state index in [0.29, 0.717) is 12.0 Å². The van der Waals surface area contributed by atoms with Crippen molar-refractivity contribution in [1.82, 2.24) is 0 Å². The number of methoxy groups -OCH3 is 1. The Labute approximate surface area is 51.0 Å². The summed E-state index contributed by atoms with van der Waals surface area (Å²) < 4.78 is 5.16. The van der Waals surface area contributed by atoms with Gasteiger partial charge in [0.15, 0.2) is 0 Å². The molecule has 0 aliphatic heterocycles. The van der Waals surface area contributed by atoms with Gasteiger partial charge in [-0.1, -0.05) is 6.42 Å². The van der Waals surface area contributed by atoms with Gasteiger partial charge in [-0.2, -0.15) is 0 Å². The Morgan fingerprint density at radius 3 is 2.50 bits per heavy atom. The highest BCUT2D eigenvalue weighted by molar-refractivity contribution is 4.78. The van der Waals surface area contributed by atoms with E-state index in [1.807, 2.05) is 0 Å². The van der Waals surface area contributed by atoms with Crippen molar-refractivity contribution in [3.8, 4) is 0 Å². The average Bonchev–Trinajstić information content (AvgIpc) is 2.14. The molecule has 0 amide bonds. The standard InChI is InChI=1S/C7H13O/c1-6-4-3-5-7(6)8-2/h6-7H,1,3-5H2,2H3/t6-,7+/m0/s1. The van der Waals surface area contributed by atoms with Crippen molar-refractivity contribution >= 4 is 0 Å². The van der Waals surface area contributed by atoms with Crippen molar-refractivity contribution in [1.29, 1.82) is 0 Å². The minimum Gasteiger partial charge on any atom is -0.381 e. The molecule has 1 nitrogen and oxygen atoms in total. The number of hydrogen-bond acceptors (Lipinski definition) is 1. The van der Waals surface area contributed by atoms with E-state index < -0.39 is 0 Å². The van der Waals surface area contributed by atoms with E-state index in [0.717, 1.165) is 0 Å². The summed E-state index contributed by atoms with van der Waals surface area (Å²) in [5.74, 6) is 0.556. The van der Waals surface area contributed by atoms with Crippen LogP contribution in [0.25, 0.3) is 0 Å². The lowest BCUT2D eigenvalue weighted by Gasteiger charge is -2.11. The molecule has 8 heavy (non-hydrogen) atoms. The molecule has 0 saturated heterocycles. The predicted molar refractivity (Wildman–Crippen MR) is 33.5 cm³/mol. The summed E-state index contributed by atoms with van der Waals surface area (Å²) in [7, 11) is 1.77. The van der Waals surface area contributed by atoms with Crippen molar-refractivity contribution in [2.45, 2.75) is 25.4 Å². The van der Waals surface area contributed by atoms with E-state index in [4.69, 9.17) is 4.74 Å². The fourth-order valence-corrected chi connectivity index (χ4v) is 1.31. The summed E-state index contributed by atoms with van der Waals surface area (Å²) in [6, 6.07) is 0. The zero-order valence-electron chi connectivity index (χ0n) is 5.39. The molecule has 0 aromatic heterocycles. The maximum atomic E-state index is 5.16. The molecule has 0 spiro atoms. The predicted octanol–water partition coefficient (Wildman–Crippen LogP) is 1.64. The second-order valence-corrected chi connectivity index (χ2v) is 2.47. The highest BCUT2D eigenvalue weighted by Gasteiger charge is 2.22. The van der Waals surface area contributed by atoms with Crippen molar-refractivity contribution in [3.05, 3.63) is 6.92 Å². The second kappa shape index (κ2) is 2.49. The van der Waals surface area contributed by atoms with Crippen LogP contribution in [-0.4, -0.2) is 13.2 Å². The summed E-state index contributed by atoms with van der Waals surface area (Å²) in [6.07, 6.45) is 4.21. The lowest BCUT2D eigenvalue weighted by atomic mass is 10.1. The molecule has 0 N–H and O–H groups in total. The smallest absolute Gasteiger partial charge is 0.0599 e. The molecular formula is C7H13O. The molecule has 1 aliphatic carbocycles. The molecule has 1 fully saturated rings. The second-order valence-electron chi connectivity index (χ2n) is 2.47. The molecule has 0 unspecified atom stereocenters. The lowest BCUT2D eigenvalue weighted by Crippen LogP contribution is -2.12. The van der Waals surface area contributed by atoms with Gasteiger partial charge in [0.05, 0.1) is 6.10 Å². The zero-order chi connectivity index (χ0) is 5.98. The van der Waals surface area contributed by atoms with Crippen LogP contribution in [-0.2, 0) is 4.74 Å². The summed E-state index contributed by atoms with van der Waals surface area (Å²) in [4.78, 5) is 0. The van der Waals surface area contributed by atoms with Gasteiger partial charge in [-0.05, 0) is 25.7 Å². The van der Waals surface area contributed by atoms with Crippen LogP contribution < -0.4 is 0 Å². The Morgan fingerprint density at radius 2 is 2.25 bits per heavy atom. The molecule has 1 saturated carbocycles. The summed E-state index contributed by atoms with van der Waals surface area (Å²) in [5, 5.41) is 0. The fraction of sp³-hybridized carbons (Fsp3) is 0.857. The van der Waals surface area contributed by atoms with Gasteiger partial charge in [0.25, 0.3) is 0 Å². The van der Waals surface area contributed by atoms with Gasteiger partial charge in [0.1, 0.15) is 0 Å². The molecule has 1 heteroatoms. The molecular weight excluding hydrogens is 100 g/mol. The van der Waals surface area contributed by atoms with Crippen LogP contribution in [0.3, 0.4) is 0 Å². The van der Waals surface area contributed by atoms with E-state index in [1.54, 1.807) is 7.11 Å². The Hall–Kier alpha value is -0.0400. The maximum absolute atomic E-state index is 5.16. The highest BCUT2D eigenvalue weighted by atomic mass is 16.5. The molecule has 1 radical (unpaired) electrons. The third-order valence-electron chi connectivity index (χ3n) is 1.89. The summed E-state index contributed by atoms with van der Waals surface area (Å²) >= 11 is 0. The van der Waals surface area contributed by atoms with Crippen LogP contribution >= 0.6 is 0 Å². The van der Waals surface area contributed by atoms with Crippen molar-refractivity contribution in [2.75, 3.05) is 7.11 Å². The lowest BCUT2D eigenvalue weighted by molar-refractivity contribution is 0.0853. The summed E-state index contributed by atoms with van der Waals surface area (Å²) in [5.41, 5.74) is 0. The zero-order valence-corrected chi connectivity index (χ0v) is 5.39. The normalized spacial score (nSPS) is 38.2. The van der Waals surface area contributed by atoms with Gasteiger partial charge < -0.3 is 4.74 Å². The molecule has 47 valence electrons. The molecule has 2 atom stereocenters. The minimum atomic E-state index is 0.454. The molecule has 0 aromatic rings. The highest BCUT2D eigenvalue weighted by Crippen LogP contribution is 2.26. The SMILES string of the molecule is [CH2][C@H]1CCC[C@H]1OC. The van der Waals surface area contributed by atoms with Crippen LogP contribution in [0.1, 0.15) is 19.3 Å². The van der Waals surface area contributed by atoms with Crippen molar-refractivity contribution < 1.29 is 4.74 Å². The topological polar surface area (TPSA) is 9.23 Å². The van der Waals surface area contributed by atoms with Gasteiger partial charge in [0, 0.05) is 7.11 Å². The van der Waals surface area contributed by atoms with Crippen molar-refractivity contribution in [2.24, 2.45) is 5.92 Å². The van der Waals surface area contributed by atoms with Gasteiger partial charge in [-0.25, -0.2) is 0 Å². The quantitative estimate of drug-likeness (QED) is 0.502. The van der Waals surface area contributed by atoms with Crippen LogP contribution in [0, 0.1) is 12.8 Å². The minimum absolute atomic E-state index is 0.454. The Kier molecular flexibility index (Phi) is 1.90. The first-order chi connectivity index (χ1) is 3.84. The Bertz CT molecular complexity index is 70.8. The first-order valence-corrected chi connectivity index (χ1v) is 3.20. The molecule has 1 rings (SSSR count). The van der Waals surface area contributed by atoms with E-state index >= 15 is 0 Å². The Balaban J connectivity index is 2.30. The van der Waals surface area contributed by atoms with Gasteiger partial charge in [-0.15, -0.1) is 0 Å². The first kappa shape index (κ1) is 6.09.